The van der Waals surface area contributed by atoms with Gasteiger partial charge in [0.15, 0.2) is 12.0 Å². The van der Waals surface area contributed by atoms with E-state index < -0.39 is 0 Å². The van der Waals surface area contributed by atoms with Gasteiger partial charge in [0.25, 0.3) is 0 Å². The summed E-state index contributed by atoms with van der Waals surface area (Å²) in [5, 5.41) is 9.81. The van der Waals surface area contributed by atoms with Crippen LogP contribution in [0.5, 0.6) is 5.75 Å². The van der Waals surface area contributed by atoms with Gasteiger partial charge in [-0.1, -0.05) is 32.9 Å². The Balaban J connectivity index is 1.64. The maximum Gasteiger partial charge on any atom is 0.172 e. The average Bonchev–Trinajstić information content (AvgIpc) is 2.64. The molecular weight excluding hydrogens is 338 g/mol. The predicted molar refractivity (Wildman–Crippen MR) is 108 cm³/mol. The Labute approximate surface area is 161 Å². The number of nitrogens with zero attached hydrogens (tertiary/aromatic N) is 3. The monoisotopic (exact) mass is 367 g/mol. The summed E-state index contributed by atoms with van der Waals surface area (Å²) < 4.78 is 0. The Morgan fingerprint density at radius 2 is 1.93 bits per heavy atom. The molecule has 5 nitrogen and oxygen atoms in total. The molecule has 0 radical (unpaired) electrons. The second kappa shape index (κ2) is 7.67. The molecule has 1 saturated heterocycles. The van der Waals surface area contributed by atoms with Crippen LogP contribution >= 0.6 is 0 Å². The third kappa shape index (κ3) is 4.46. The van der Waals surface area contributed by atoms with Crippen LogP contribution in [0.3, 0.4) is 0 Å². The summed E-state index contributed by atoms with van der Waals surface area (Å²) in [4.78, 5) is 22.1. The van der Waals surface area contributed by atoms with E-state index in [0.29, 0.717) is 23.7 Å². The molecule has 2 heterocycles. The fourth-order valence-corrected chi connectivity index (χ4v) is 3.64. The summed E-state index contributed by atoms with van der Waals surface area (Å²) in [6.45, 7) is 10.5. The van der Waals surface area contributed by atoms with Crippen LogP contribution in [0.25, 0.3) is 0 Å². The van der Waals surface area contributed by atoms with Gasteiger partial charge in [0, 0.05) is 25.2 Å². The minimum Gasteiger partial charge on any atom is -0.504 e. The molecule has 27 heavy (non-hydrogen) atoms. The van der Waals surface area contributed by atoms with Crippen LogP contribution in [0.1, 0.15) is 61.2 Å². The summed E-state index contributed by atoms with van der Waals surface area (Å²) in [5.41, 5.74) is 3.36. The summed E-state index contributed by atoms with van der Waals surface area (Å²) in [7, 11) is 0. The van der Waals surface area contributed by atoms with E-state index in [1.54, 1.807) is 6.92 Å². The number of hydrogen-bond donors (Lipinski definition) is 1. The number of carbonyl (C=O) groups excluding carboxylic acids is 1. The third-order valence-electron chi connectivity index (χ3n) is 5.41. The van der Waals surface area contributed by atoms with E-state index in [4.69, 9.17) is 0 Å². The lowest BCUT2D eigenvalue weighted by Crippen LogP contribution is -2.34. The molecule has 0 bridgehead atoms. The van der Waals surface area contributed by atoms with Gasteiger partial charge in [-0.3, -0.25) is 4.79 Å². The van der Waals surface area contributed by atoms with E-state index in [0.717, 1.165) is 32.4 Å². The molecule has 2 aromatic rings. The topological polar surface area (TPSA) is 66.3 Å². The molecule has 0 spiro atoms. The van der Waals surface area contributed by atoms with Gasteiger partial charge in [-0.25, -0.2) is 9.97 Å². The van der Waals surface area contributed by atoms with Gasteiger partial charge in [-0.05, 0) is 48.8 Å². The molecule has 1 aliphatic heterocycles. The molecule has 0 atom stereocenters. The lowest BCUT2D eigenvalue weighted by atomic mass is 9.86. The van der Waals surface area contributed by atoms with Crippen LogP contribution < -0.4 is 4.90 Å². The van der Waals surface area contributed by atoms with Crippen molar-refractivity contribution in [3.63, 3.8) is 0 Å². The number of benzene rings is 1. The van der Waals surface area contributed by atoms with Crippen LogP contribution in [0.4, 0.5) is 5.69 Å². The molecule has 1 aromatic carbocycles. The van der Waals surface area contributed by atoms with E-state index in [1.165, 1.54) is 11.3 Å². The van der Waals surface area contributed by atoms with Gasteiger partial charge in [0.2, 0.25) is 0 Å². The highest BCUT2D eigenvalue weighted by atomic mass is 16.3. The highest BCUT2D eigenvalue weighted by Crippen LogP contribution is 2.30. The zero-order chi connectivity index (χ0) is 19.6. The van der Waals surface area contributed by atoms with Crippen molar-refractivity contribution < 1.29 is 9.90 Å². The first-order valence-corrected chi connectivity index (χ1v) is 9.65. The maximum atomic E-state index is 11.1. The first kappa shape index (κ1) is 19.3. The molecule has 1 fully saturated rings. The van der Waals surface area contributed by atoms with Crippen molar-refractivity contribution in [2.75, 3.05) is 18.0 Å². The van der Waals surface area contributed by atoms with Crippen LogP contribution in [-0.2, 0) is 11.8 Å². The molecule has 5 heteroatoms. The summed E-state index contributed by atoms with van der Waals surface area (Å²) in [6.07, 6.45) is 3.48. The second-order valence-electron chi connectivity index (χ2n) is 8.51. The number of aryl methyl sites for hydroxylation is 1. The normalized spacial score (nSPS) is 15.8. The maximum absolute atomic E-state index is 11.1. The Kier molecular flexibility index (Phi) is 5.49. The smallest absolute Gasteiger partial charge is 0.172 e. The fraction of sp³-hybridized carbons (Fsp3) is 0.500. The van der Waals surface area contributed by atoms with Crippen LogP contribution in [-0.4, -0.2) is 34.5 Å². The third-order valence-corrected chi connectivity index (χ3v) is 5.41. The van der Waals surface area contributed by atoms with E-state index in [-0.39, 0.29) is 16.9 Å². The Morgan fingerprint density at radius 3 is 2.56 bits per heavy atom. The number of carbonyl (C=O) groups is 1. The summed E-state index contributed by atoms with van der Waals surface area (Å²) in [6, 6.07) is 8.85. The number of aromatic hydroxyl groups is 1. The number of aromatic nitrogens is 2. The first-order valence-electron chi connectivity index (χ1n) is 9.65. The van der Waals surface area contributed by atoms with Crippen molar-refractivity contribution in [3.8, 4) is 5.75 Å². The standard InChI is InChI=1S/C22H29N3O2/c1-15-21(27)19(14-26)24-20(23-15)12-16-8-10-25(11-9-16)18-7-5-6-17(13-18)22(2,3)4/h5-7,13-14,16,27H,8-12H2,1-4H3. The highest BCUT2D eigenvalue weighted by molar-refractivity contribution is 5.76. The van der Waals surface area contributed by atoms with Crippen molar-refractivity contribution in [3.05, 3.63) is 47.0 Å². The second-order valence-corrected chi connectivity index (χ2v) is 8.51. The quantitative estimate of drug-likeness (QED) is 0.826. The molecule has 3 rings (SSSR count). The van der Waals surface area contributed by atoms with Crippen molar-refractivity contribution >= 4 is 12.0 Å². The van der Waals surface area contributed by atoms with Crippen molar-refractivity contribution in [1.82, 2.24) is 9.97 Å². The summed E-state index contributed by atoms with van der Waals surface area (Å²) >= 11 is 0. The lowest BCUT2D eigenvalue weighted by molar-refractivity contribution is 0.111. The summed E-state index contributed by atoms with van der Waals surface area (Å²) in [5.74, 6) is 1.04. The minimum atomic E-state index is -0.109. The van der Waals surface area contributed by atoms with Crippen LogP contribution in [0.15, 0.2) is 24.3 Å². The average molecular weight is 367 g/mol. The Hall–Kier alpha value is -2.43. The molecule has 1 aromatic heterocycles. The molecule has 144 valence electrons. The van der Waals surface area contributed by atoms with Gasteiger partial charge >= 0.3 is 0 Å². The van der Waals surface area contributed by atoms with Gasteiger partial charge in [-0.15, -0.1) is 0 Å². The minimum absolute atomic E-state index is 0.0916. The van der Waals surface area contributed by atoms with Crippen LogP contribution in [0.2, 0.25) is 0 Å². The number of piperidine rings is 1. The molecule has 0 unspecified atom stereocenters. The van der Waals surface area contributed by atoms with Crippen molar-refractivity contribution in [1.29, 1.82) is 0 Å². The molecule has 1 aliphatic rings. The van der Waals surface area contributed by atoms with E-state index in [9.17, 15) is 9.90 Å². The molecule has 0 aliphatic carbocycles. The van der Waals surface area contributed by atoms with Gasteiger partial charge < -0.3 is 10.0 Å². The zero-order valence-electron chi connectivity index (χ0n) is 16.7. The zero-order valence-corrected chi connectivity index (χ0v) is 16.7. The number of rotatable bonds is 4. The predicted octanol–water partition coefficient (Wildman–Crippen LogP) is 4.06. The number of anilines is 1. The highest BCUT2D eigenvalue weighted by Gasteiger charge is 2.23. The molecular formula is C22H29N3O2. The van der Waals surface area contributed by atoms with E-state index >= 15 is 0 Å². The molecule has 1 N–H and O–H groups in total. The van der Waals surface area contributed by atoms with Crippen LogP contribution in [0, 0.1) is 12.8 Å². The Morgan fingerprint density at radius 1 is 1.22 bits per heavy atom. The molecule has 0 amide bonds. The number of aldehydes is 1. The van der Waals surface area contributed by atoms with Gasteiger partial charge in [0.1, 0.15) is 11.5 Å². The largest absolute Gasteiger partial charge is 0.504 e. The van der Waals surface area contributed by atoms with E-state index in [1.807, 2.05) is 0 Å². The van der Waals surface area contributed by atoms with E-state index in [2.05, 4.69) is 59.9 Å². The van der Waals surface area contributed by atoms with Gasteiger partial charge in [0.05, 0.1) is 5.69 Å². The number of hydrogen-bond acceptors (Lipinski definition) is 5. The lowest BCUT2D eigenvalue weighted by Gasteiger charge is -2.34. The SMILES string of the molecule is Cc1nc(CC2CCN(c3cccc(C(C)(C)C)c3)CC2)nc(C=O)c1O. The molecule has 0 saturated carbocycles. The fourth-order valence-electron chi connectivity index (χ4n) is 3.64. The first-order chi connectivity index (χ1) is 12.8. The van der Waals surface area contributed by atoms with Gasteiger partial charge in [-0.2, -0.15) is 0 Å². The van der Waals surface area contributed by atoms with Crippen molar-refractivity contribution in [2.24, 2.45) is 5.92 Å². The van der Waals surface area contributed by atoms with Crippen molar-refractivity contribution in [2.45, 2.75) is 52.4 Å². The Bertz CT molecular complexity index is 819.